The zero-order valence-corrected chi connectivity index (χ0v) is 11.5. The Morgan fingerprint density at radius 1 is 1.28 bits per heavy atom. The third-order valence-electron chi connectivity index (χ3n) is 2.80. The van der Waals surface area contributed by atoms with Crippen molar-refractivity contribution in [2.75, 3.05) is 6.54 Å². The van der Waals surface area contributed by atoms with Crippen molar-refractivity contribution in [2.45, 2.75) is 39.7 Å². The van der Waals surface area contributed by atoms with Gasteiger partial charge in [0.1, 0.15) is 5.75 Å². The van der Waals surface area contributed by atoms with E-state index in [-0.39, 0.29) is 17.8 Å². The molecule has 0 radical (unpaired) electrons. The minimum Gasteiger partial charge on any atom is -0.490 e. The molecule has 0 aliphatic carbocycles. The van der Waals surface area contributed by atoms with Gasteiger partial charge in [0.15, 0.2) is 5.78 Å². The van der Waals surface area contributed by atoms with E-state index < -0.39 is 0 Å². The molecular formula is C15H23NO2. The van der Waals surface area contributed by atoms with Crippen molar-refractivity contribution in [3.63, 3.8) is 0 Å². The Balaban J connectivity index is 2.84. The smallest absolute Gasteiger partial charge is 0.169 e. The fourth-order valence-corrected chi connectivity index (χ4v) is 1.85. The molecule has 0 amide bonds. The summed E-state index contributed by atoms with van der Waals surface area (Å²) in [5.74, 6) is 0.808. The van der Waals surface area contributed by atoms with Crippen LogP contribution in [0, 0.1) is 5.92 Å². The Morgan fingerprint density at radius 2 is 1.94 bits per heavy atom. The molecule has 1 atom stereocenters. The Labute approximate surface area is 109 Å². The number of benzene rings is 1. The summed E-state index contributed by atoms with van der Waals surface area (Å²) in [4.78, 5) is 12.3. The van der Waals surface area contributed by atoms with E-state index in [4.69, 9.17) is 10.5 Å². The van der Waals surface area contributed by atoms with Gasteiger partial charge in [-0.15, -0.1) is 0 Å². The second-order valence-corrected chi connectivity index (χ2v) is 4.86. The number of rotatable bonds is 7. The van der Waals surface area contributed by atoms with Gasteiger partial charge in [-0.3, -0.25) is 4.79 Å². The highest BCUT2D eigenvalue weighted by molar-refractivity contribution is 6.00. The molecule has 18 heavy (non-hydrogen) atoms. The maximum atomic E-state index is 12.3. The lowest BCUT2D eigenvalue weighted by atomic mass is 9.94. The molecule has 1 aromatic carbocycles. The highest BCUT2D eigenvalue weighted by Crippen LogP contribution is 2.24. The molecule has 3 heteroatoms. The summed E-state index contributed by atoms with van der Waals surface area (Å²) in [6, 6.07) is 7.44. The van der Waals surface area contributed by atoms with E-state index in [9.17, 15) is 4.79 Å². The van der Waals surface area contributed by atoms with Crippen molar-refractivity contribution < 1.29 is 9.53 Å². The van der Waals surface area contributed by atoms with Crippen LogP contribution in [0.4, 0.5) is 0 Å². The van der Waals surface area contributed by atoms with Gasteiger partial charge in [0.05, 0.1) is 11.7 Å². The molecule has 3 nitrogen and oxygen atoms in total. The van der Waals surface area contributed by atoms with Crippen LogP contribution in [0.2, 0.25) is 0 Å². The van der Waals surface area contributed by atoms with Gasteiger partial charge in [-0.05, 0) is 45.4 Å². The summed E-state index contributed by atoms with van der Waals surface area (Å²) in [7, 11) is 0. The number of ether oxygens (including phenoxy) is 1. The predicted molar refractivity (Wildman–Crippen MR) is 74.0 cm³/mol. The molecule has 0 aliphatic heterocycles. The van der Waals surface area contributed by atoms with Gasteiger partial charge >= 0.3 is 0 Å². The molecule has 0 aliphatic rings. The van der Waals surface area contributed by atoms with E-state index in [1.165, 1.54) is 0 Å². The Morgan fingerprint density at radius 3 is 2.56 bits per heavy atom. The molecule has 0 bridgehead atoms. The summed E-state index contributed by atoms with van der Waals surface area (Å²) >= 11 is 0. The van der Waals surface area contributed by atoms with Gasteiger partial charge in [0.25, 0.3) is 0 Å². The van der Waals surface area contributed by atoms with E-state index in [2.05, 4.69) is 0 Å². The third kappa shape index (κ3) is 4.15. The van der Waals surface area contributed by atoms with E-state index >= 15 is 0 Å². The van der Waals surface area contributed by atoms with Crippen LogP contribution < -0.4 is 10.5 Å². The Bertz CT molecular complexity index is 388. The van der Waals surface area contributed by atoms with Gasteiger partial charge < -0.3 is 10.5 Å². The fraction of sp³-hybridized carbons (Fsp3) is 0.533. The number of hydrogen-bond donors (Lipinski definition) is 1. The first-order chi connectivity index (χ1) is 8.56. The van der Waals surface area contributed by atoms with Crippen LogP contribution in [0.1, 0.15) is 44.0 Å². The van der Waals surface area contributed by atoms with Crippen molar-refractivity contribution in [2.24, 2.45) is 11.7 Å². The normalized spacial score (nSPS) is 12.5. The third-order valence-corrected chi connectivity index (χ3v) is 2.80. The van der Waals surface area contributed by atoms with Crippen molar-refractivity contribution in [3.05, 3.63) is 29.8 Å². The quantitative estimate of drug-likeness (QED) is 0.756. The minimum absolute atomic E-state index is 0.00883. The number of ketones is 1. The van der Waals surface area contributed by atoms with Crippen LogP contribution in [0.3, 0.4) is 0 Å². The second kappa shape index (κ2) is 7.17. The van der Waals surface area contributed by atoms with Crippen LogP contribution in [0.25, 0.3) is 0 Å². The van der Waals surface area contributed by atoms with Crippen molar-refractivity contribution in [1.82, 2.24) is 0 Å². The Kier molecular flexibility index (Phi) is 5.86. The van der Waals surface area contributed by atoms with Gasteiger partial charge in [0, 0.05) is 5.92 Å². The van der Waals surface area contributed by atoms with E-state index in [1.54, 1.807) is 0 Å². The molecule has 1 aromatic rings. The zero-order chi connectivity index (χ0) is 13.5. The summed E-state index contributed by atoms with van der Waals surface area (Å²) in [6.45, 7) is 6.49. The standard InChI is InChI=1S/C15H23NO2/c1-11(2)18-14-9-5-4-8-13(14)15(17)12(3)7-6-10-16/h4-5,8-9,11-12H,6-7,10,16H2,1-3H3. The van der Waals surface area contributed by atoms with Gasteiger partial charge in [-0.1, -0.05) is 19.1 Å². The highest BCUT2D eigenvalue weighted by atomic mass is 16.5. The predicted octanol–water partition coefficient (Wildman–Crippen LogP) is 3.03. The Hall–Kier alpha value is -1.35. The molecule has 1 unspecified atom stereocenters. The van der Waals surface area contributed by atoms with Crippen molar-refractivity contribution >= 4 is 5.78 Å². The maximum absolute atomic E-state index is 12.3. The summed E-state index contributed by atoms with van der Waals surface area (Å²) < 4.78 is 5.68. The average Bonchev–Trinajstić information content (AvgIpc) is 2.35. The van der Waals surface area contributed by atoms with E-state index in [1.807, 2.05) is 45.0 Å². The largest absolute Gasteiger partial charge is 0.490 e. The van der Waals surface area contributed by atoms with E-state index in [0.29, 0.717) is 17.9 Å². The first kappa shape index (κ1) is 14.7. The molecule has 0 heterocycles. The van der Waals surface area contributed by atoms with Crippen LogP contribution in [0.15, 0.2) is 24.3 Å². The summed E-state index contributed by atoms with van der Waals surface area (Å²) in [6.07, 6.45) is 1.77. The number of nitrogens with two attached hydrogens (primary N) is 1. The highest BCUT2D eigenvalue weighted by Gasteiger charge is 2.18. The minimum atomic E-state index is -0.00883. The van der Waals surface area contributed by atoms with E-state index in [0.717, 1.165) is 12.8 Å². The monoisotopic (exact) mass is 249 g/mol. The van der Waals surface area contributed by atoms with Crippen molar-refractivity contribution in [3.8, 4) is 5.75 Å². The van der Waals surface area contributed by atoms with Gasteiger partial charge in [-0.2, -0.15) is 0 Å². The number of hydrogen-bond acceptors (Lipinski definition) is 3. The van der Waals surface area contributed by atoms with Gasteiger partial charge in [0.2, 0.25) is 0 Å². The van der Waals surface area contributed by atoms with Crippen LogP contribution in [-0.4, -0.2) is 18.4 Å². The molecule has 100 valence electrons. The molecular weight excluding hydrogens is 226 g/mol. The lowest BCUT2D eigenvalue weighted by molar-refractivity contribution is 0.0917. The summed E-state index contributed by atoms with van der Waals surface area (Å²) in [5, 5.41) is 0. The second-order valence-electron chi connectivity index (χ2n) is 4.86. The number of Topliss-reactive ketones (excluding diaryl/α,β-unsaturated/α-hetero) is 1. The number of para-hydroxylation sites is 1. The molecule has 0 saturated carbocycles. The topological polar surface area (TPSA) is 52.3 Å². The molecule has 0 aromatic heterocycles. The van der Waals surface area contributed by atoms with Crippen molar-refractivity contribution in [1.29, 1.82) is 0 Å². The number of carbonyl (C=O) groups is 1. The molecule has 1 rings (SSSR count). The number of carbonyl (C=O) groups excluding carboxylic acids is 1. The van der Waals surface area contributed by atoms with Crippen LogP contribution >= 0.6 is 0 Å². The summed E-state index contributed by atoms with van der Waals surface area (Å²) in [5.41, 5.74) is 6.15. The molecule has 0 spiro atoms. The SMILES string of the molecule is CC(C)Oc1ccccc1C(=O)C(C)CCCN. The first-order valence-corrected chi connectivity index (χ1v) is 6.56. The lowest BCUT2D eigenvalue weighted by Crippen LogP contribution is -2.16. The maximum Gasteiger partial charge on any atom is 0.169 e. The molecule has 0 fully saturated rings. The van der Waals surface area contributed by atoms with Gasteiger partial charge in [-0.25, -0.2) is 0 Å². The van der Waals surface area contributed by atoms with Crippen LogP contribution in [-0.2, 0) is 0 Å². The lowest BCUT2D eigenvalue weighted by Gasteiger charge is -2.16. The molecule has 2 N–H and O–H groups in total. The first-order valence-electron chi connectivity index (χ1n) is 6.56. The molecule has 0 saturated heterocycles. The fourth-order valence-electron chi connectivity index (χ4n) is 1.85. The average molecular weight is 249 g/mol. The zero-order valence-electron chi connectivity index (χ0n) is 11.5. The van der Waals surface area contributed by atoms with Crippen LogP contribution in [0.5, 0.6) is 5.75 Å².